The van der Waals surface area contributed by atoms with Gasteiger partial charge >= 0.3 is 5.97 Å². The van der Waals surface area contributed by atoms with E-state index in [0.29, 0.717) is 24.0 Å². The van der Waals surface area contributed by atoms with E-state index in [1.165, 1.54) is 14.0 Å². The second kappa shape index (κ2) is 19.4. The molecule has 1 spiro atoms. The van der Waals surface area contributed by atoms with Gasteiger partial charge in [0.05, 0.1) is 37.1 Å². The van der Waals surface area contributed by atoms with Gasteiger partial charge in [-0.1, -0.05) is 70.6 Å². The van der Waals surface area contributed by atoms with Crippen LogP contribution in [0.2, 0.25) is 0 Å². The molecule has 4 fully saturated rings. The molecule has 2 N–H and O–H groups in total. The Kier molecular flexibility index (Phi) is 15.0. The summed E-state index contributed by atoms with van der Waals surface area (Å²) in [6, 6.07) is 0. The summed E-state index contributed by atoms with van der Waals surface area (Å²) in [5.74, 6) is -5.89. The van der Waals surface area contributed by atoms with Gasteiger partial charge in [0, 0.05) is 51.7 Å². The minimum Gasteiger partial charge on any atom is -0.462 e. The van der Waals surface area contributed by atoms with E-state index in [0.717, 1.165) is 12.0 Å². The van der Waals surface area contributed by atoms with Crippen molar-refractivity contribution in [1.29, 1.82) is 0 Å². The van der Waals surface area contributed by atoms with Crippen LogP contribution in [0.3, 0.4) is 0 Å². The highest BCUT2D eigenvalue weighted by Gasteiger charge is 2.60. The molecule has 63 heavy (non-hydrogen) atoms. The Morgan fingerprint density at radius 2 is 1.68 bits per heavy atom. The Morgan fingerprint density at radius 1 is 0.937 bits per heavy atom. The van der Waals surface area contributed by atoms with Gasteiger partial charge in [-0.05, 0) is 62.8 Å². The van der Waals surface area contributed by atoms with Gasteiger partial charge in [0.25, 0.3) is 5.92 Å². The van der Waals surface area contributed by atoms with Gasteiger partial charge in [0.15, 0.2) is 18.4 Å². The number of fused-ring (bicyclic) bond motifs is 2. The minimum absolute atomic E-state index is 0.00574. The zero-order valence-electron chi connectivity index (χ0n) is 38.4. The number of rotatable bonds is 8. The molecule has 2 bridgehead atoms. The smallest absolute Gasteiger partial charge is 0.316 e. The van der Waals surface area contributed by atoms with E-state index >= 15 is 0 Å². The lowest BCUT2D eigenvalue weighted by Gasteiger charge is -2.48. The Hall–Kier alpha value is -2.41. The van der Waals surface area contributed by atoms with Gasteiger partial charge in [-0.2, -0.15) is 0 Å². The van der Waals surface area contributed by atoms with E-state index in [9.17, 15) is 23.8 Å². The third-order valence-corrected chi connectivity index (χ3v) is 14.6. The second-order valence-corrected chi connectivity index (χ2v) is 19.0. The van der Waals surface area contributed by atoms with E-state index < -0.39 is 103 Å². The Balaban J connectivity index is 1.18. The van der Waals surface area contributed by atoms with E-state index in [-0.39, 0.29) is 49.7 Å². The minimum atomic E-state index is -3.17. The van der Waals surface area contributed by atoms with Gasteiger partial charge < -0.3 is 57.6 Å². The summed E-state index contributed by atoms with van der Waals surface area (Å²) in [7, 11) is 2.83. The fraction of sp³-hybridized carbons (Fsp3) is 0.771. The highest BCUT2D eigenvalue weighted by molar-refractivity contribution is 5.78. The third-order valence-electron chi connectivity index (χ3n) is 14.6. The van der Waals surface area contributed by atoms with Crippen LogP contribution in [0.15, 0.2) is 59.3 Å². The molecule has 0 aromatic heterocycles. The maximum absolute atomic E-state index is 14.7. The monoisotopic (exact) mass is 892 g/mol. The lowest BCUT2D eigenvalue weighted by Crippen LogP contribution is -2.58. The van der Waals surface area contributed by atoms with Crippen molar-refractivity contribution < 1.29 is 71.2 Å². The first-order chi connectivity index (χ1) is 29.8. The van der Waals surface area contributed by atoms with Crippen LogP contribution in [-0.4, -0.2) is 134 Å². The van der Waals surface area contributed by atoms with Crippen molar-refractivity contribution in [2.75, 3.05) is 20.8 Å². The first-order valence-corrected chi connectivity index (χ1v) is 22.9. The summed E-state index contributed by atoms with van der Waals surface area (Å²) < 4.78 is 91.8. The zero-order valence-corrected chi connectivity index (χ0v) is 38.4. The zero-order chi connectivity index (χ0) is 45.6. The molecule has 0 saturated carbocycles. The summed E-state index contributed by atoms with van der Waals surface area (Å²) in [4.78, 5) is 14.3. The molecule has 13 nitrogen and oxygen atoms in total. The van der Waals surface area contributed by atoms with Gasteiger partial charge in [0.1, 0.15) is 48.1 Å². The predicted molar refractivity (Wildman–Crippen MR) is 226 cm³/mol. The molecule has 0 unspecified atom stereocenters. The number of ether oxygens (including phenoxy) is 10. The van der Waals surface area contributed by atoms with Crippen molar-refractivity contribution in [3.8, 4) is 0 Å². The molecular formula is C48H70F2O13. The molecule has 6 aliphatic heterocycles. The maximum Gasteiger partial charge on any atom is 0.316 e. The van der Waals surface area contributed by atoms with Gasteiger partial charge in [-0.25, -0.2) is 8.78 Å². The molecule has 15 heteroatoms. The number of alkyl halides is 2. The standard InChI is InChI=1S/C48H70F2O13/c1-11-25(2)42-28(5)17-18-46(63-42)23-34-20-33(62-46)16-15-27(4)41(26(3)13-12-14-32-24-56-44-40(51)29(6)19-35(45(52)59-34)47(32,44)53)60-38-21-36(54-9)43(30(7)57-38)61-39-22-37(55-10)48(49,50)31(8)58-39/h12-15,17-19,25-26,28,30-31,33-44,51,53H,11,16,20-24H2,1-10H3/b13-12+,27-15+,32-14+/t25-,26-,28-,30-,31-,33+,34-,35-,36-,37-,38-,39-,40+,41-,42+,43-,44+,46+,47+/m0/s1. The predicted octanol–water partition coefficient (Wildman–Crippen LogP) is 6.65. The summed E-state index contributed by atoms with van der Waals surface area (Å²) in [5, 5.41) is 23.7. The number of carbonyl (C=O) groups excluding carboxylic acids is 1. The lowest BCUT2D eigenvalue weighted by molar-refractivity contribution is -0.339. The molecule has 6 heterocycles. The topological polar surface area (TPSA) is 150 Å². The van der Waals surface area contributed by atoms with Crippen LogP contribution in [-0.2, 0) is 52.2 Å². The highest BCUT2D eigenvalue weighted by Crippen LogP contribution is 2.47. The molecule has 19 atom stereocenters. The van der Waals surface area contributed by atoms with Crippen molar-refractivity contribution in [1.82, 2.24) is 0 Å². The second-order valence-electron chi connectivity index (χ2n) is 19.0. The number of hydrogen-bond acceptors (Lipinski definition) is 13. The van der Waals surface area contributed by atoms with Crippen LogP contribution in [0.25, 0.3) is 0 Å². The fourth-order valence-electron chi connectivity index (χ4n) is 10.5. The summed E-state index contributed by atoms with van der Waals surface area (Å²) in [6.07, 6.45) is 5.42. The van der Waals surface area contributed by atoms with Crippen LogP contribution in [0.4, 0.5) is 8.78 Å². The normalized spacial score (nSPS) is 48.2. The number of carbonyl (C=O) groups is 1. The average Bonchev–Trinajstić information content (AvgIpc) is 3.58. The van der Waals surface area contributed by atoms with Crippen LogP contribution in [0.1, 0.15) is 93.9 Å². The number of aliphatic hydroxyl groups excluding tert-OH is 1. The number of aliphatic hydroxyl groups is 2. The molecule has 7 rings (SSSR count). The summed E-state index contributed by atoms with van der Waals surface area (Å²) in [6.45, 7) is 15.3. The van der Waals surface area contributed by atoms with Gasteiger partial charge in [0.2, 0.25) is 0 Å². The van der Waals surface area contributed by atoms with Crippen molar-refractivity contribution in [2.24, 2.45) is 23.7 Å². The Labute approximate surface area is 371 Å². The molecule has 7 aliphatic rings. The first kappa shape index (κ1) is 48.5. The molecule has 354 valence electrons. The lowest BCUT2D eigenvalue weighted by atomic mass is 9.71. The summed E-state index contributed by atoms with van der Waals surface area (Å²) >= 11 is 0. The quantitative estimate of drug-likeness (QED) is 0.198. The van der Waals surface area contributed by atoms with Crippen LogP contribution < -0.4 is 0 Å². The molecule has 1 aliphatic carbocycles. The SMILES string of the molecule is CC[C@H](C)[C@H]1O[C@]2(C=C[C@@H]1C)C[C@@H]1C[C@@H](C/C=C(\C)[C@@H](O[C@H]3C[C@H](OC)[C@@H](O[C@H]4C[C@H](OC)C(F)(F)[C@H](C)O4)[C@H](C)O3)[C@@H](C)/C=C/C=C3\CO[C@@H]4[C@H](O)C(C)=C[C@@H](C(=O)O1)[C@]34O)O2. The van der Waals surface area contributed by atoms with E-state index in [4.69, 9.17) is 47.4 Å². The molecule has 4 saturated heterocycles. The van der Waals surface area contributed by atoms with E-state index in [1.807, 2.05) is 39.0 Å². The van der Waals surface area contributed by atoms with E-state index in [1.54, 1.807) is 26.2 Å². The summed E-state index contributed by atoms with van der Waals surface area (Å²) in [5.41, 5.74) is 0.0110. The third kappa shape index (κ3) is 9.72. The largest absolute Gasteiger partial charge is 0.462 e. The molecule has 0 aromatic rings. The van der Waals surface area contributed by atoms with Gasteiger partial charge in [-0.3, -0.25) is 4.79 Å². The Bertz CT molecular complexity index is 1780. The average molecular weight is 893 g/mol. The van der Waals surface area contributed by atoms with Crippen molar-refractivity contribution in [3.05, 3.63) is 59.3 Å². The Morgan fingerprint density at radius 3 is 2.40 bits per heavy atom. The number of hydrogen-bond donors (Lipinski definition) is 2. The van der Waals surface area contributed by atoms with Gasteiger partial charge in [-0.15, -0.1) is 0 Å². The molecule has 0 radical (unpaired) electrons. The first-order valence-electron chi connectivity index (χ1n) is 22.9. The van der Waals surface area contributed by atoms with E-state index in [2.05, 4.69) is 32.9 Å². The number of allylic oxidation sites excluding steroid dienone is 2. The maximum atomic E-state index is 14.7. The molecule has 0 amide bonds. The van der Waals surface area contributed by atoms with Crippen molar-refractivity contribution in [2.45, 2.75) is 191 Å². The van der Waals surface area contributed by atoms with Crippen molar-refractivity contribution in [3.63, 3.8) is 0 Å². The highest BCUT2D eigenvalue weighted by atomic mass is 19.3. The van der Waals surface area contributed by atoms with Crippen LogP contribution in [0, 0.1) is 23.7 Å². The fourth-order valence-corrected chi connectivity index (χ4v) is 10.5. The van der Waals surface area contributed by atoms with Crippen molar-refractivity contribution >= 4 is 5.97 Å². The number of esters is 1. The molecular weight excluding hydrogens is 823 g/mol. The molecule has 0 aromatic carbocycles. The van der Waals surface area contributed by atoms with Crippen LogP contribution >= 0.6 is 0 Å². The van der Waals surface area contributed by atoms with Crippen LogP contribution in [0.5, 0.6) is 0 Å². The number of methoxy groups -OCH3 is 2. The number of halogens is 2.